The van der Waals surface area contributed by atoms with E-state index in [1.165, 1.54) is 23.0 Å². The number of ether oxygens (including phenoxy) is 2. The number of benzene rings is 2. The van der Waals surface area contributed by atoms with Crippen LogP contribution < -0.4 is 4.74 Å². The number of hydrogen-bond acceptors (Lipinski definition) is 5. The third-order valence-electron chi connectivity index (χ3n) is 5.89. The van der Waals surface area contributed by atoms with Crippen molar-refractivity contribution in [3.8, 4) is 5.75 Å². The summed E-state index contributed by atoms with van der Waals surface area (Å²) in [5.74, 6) is 0.0182. The van der Waals surface area contributed by atoms with Crippen molar-refractivity contribution in [3.05, 3.63) is 59.2 Å². The second-order valence-corrected chi connectivity index (χ2v) is 9.46. The minimum atomic E-state index is -3.80. The molecule has 2 aromatic carbocycles. The highest BCUT2D eigenvalue weighted by atomic mass is 32.2. The summed E-state index contributed by atoms with van der Waals surface area (Å²) in [7, 11) is -0.596. The summed E-state index contributed by atoms with van der Waals surface area (Å²) in [6.07, 6.45) is 1.79. The number of carbonyl (C=O) groups is 1. The molecule has 160 valence electrons. The minimum absolute atomic E-state index is 0.0120. The van der Waals surface area contributed by atoms with Gasteiger partial charge in [0, 0.05) is 25.7 Å². The number of aryl methyl sites for hydroxylation is 1. The van der Waals surface area contributed by atoms with E-state index in [1.54, 1.807) is 24.1 Å². The van der Waals surface area contributed by atoms with Crippen molar-refractivity contribution in [1.82, 2.24) is 9.21 Å². The Morgan fingerprint density at radius 1 is 1.17 bits per heavy atom. The highest BCUT2D eigenvalue weighted by Crippen LogP contribution is 2.36. The van der Waals surface area contributed by atoms with E-state index in [9.17, 15) is 13.2 Å². The second kappa shape index (κ2) is 8.37. The van der Waals surface area contributed by atoms with Crippen molar-refractivity contribution in [2.24, 2.45) is 0 Å². The zero-order valence-corrected chi connectivity index (χ0v) is 18.0. The molecule has 1 fully saturated rings. The average Bonchev–Trinajstić information content (AvgIpc) is 3.22. The largest absolute Gasteiger partial charge is 0.495 e. The quantitative estimate of drug-likeness (QED) is 0.729. The smallest absolute Gasteiger partial charge is 0.254 e. The van der Waals surface area contributed by atoms with E-state index < -0.39 is 10.0 Å². The Balaban J connectivity index is 1.65. The topological polar surface area (TPSA) is 76.2 Å². The van der Waals surface area contributed by atoms with Crippen LogP contribution in [0.2, 0.25) is 0 Å². The van der Waals surface area contributed by atoms with Crippen LogP contribution in [0.25, 0.3) is 0 Å². The lowest BCUT2D eigenvalue weighted by Crippen LogP contribution is -2.40. The molecular formula is C22H26N2O5S. The zero-order valence-electron chi connectivity index (χ0n) is 17.2. The number of fused-ring (bicyclic) bond motifs is 1. The highest BCUT2D eigenvalue weighted by molar-refractivity contribution is 7.89. The number of amides is 1. The number of morpholine rings is 1. The van der Waals surface area contributed by atoms with Crippen molar-refractivity contribution in [2.45, 2.75) is 23.8 Å². The van der Waals surface area contributed by atoms with Crippen LogP contribution in [0.15, 0.2) is 47.4 Å². The Bertz CT molecular complexity index is 1050. The maximum Gasteiger partial charge on any atom is 0.254 e. The van der Waals surface area contributed by atoms with Gasteiger partial charge in [0.05, 0.1) is 26.4 Å². The molecule has 0 spiro atoms. The fraction of sp³-hybridized carbons (Fsp3) is 0.409. The second-order valence-electron chi connectivity index (χ2n) is 7.55. The SMILES string of the molecule is COc1ccc(C(=O)N(C)C2CCc3ccccc32)cc1S(=O)(=O)N1CCOCC1. The van der Waals surface area contributed by atoms with Crippen LogP contribution in [0.3, 0.4) is 0 Å². The number of nitrogens with zero attached hydrogens (tertiary/aromatic N) is 2. The molecule has 0 N–H and O–H groups in total. The van der Waals surface area contributed by atoms with Crippen molar-refractivity contribution in [1.29, 1.82) is 0 Å². The lowest BCUT2D eigenvalue weighted by molar-refractivity contribution is 0.0725. The van der Waals surface area contributed by atoms with Gasteiger partial charge < -0.3 is 14.4 Å². The summed E-state index contributed by atoms with van der Waals surface area (Å²) >= 11 is 0. The van der Waals surface area contributed by atoms with E-state index in [0.29, 0.717) is 18.8 Å². The van der Waals surface area contributed by atoms with Gasteiger partial charge in [0.25, 0.3) is 5.91 Å². The first-order valence-corrected chi connectivity index (χ1v) is 11.5. The van der Waals surface area contributed by atoms with E-state index in [4.69, 9.17) is 9.47 Å². The van der Waals surface area contributed by atoms with Crippen molar-refractivity contribution >= 4 is 15.9 Å². The molecule has 2 aliphatic rings. The Morgan fingerprint density at radius 2 is 1.90 bits per heavy atom. The normalized spacial score (nSPS) is 19.3. The molecular weight excluding hydrogens is 404 g/mol. The standard InChI is InChI=1S/C22H26N2O5S/c1-23(19-9-7-16-5-3-4-6-18(16)19)22(25)17-8-10-20(28-2)21(15-17)30(26,27)24-11-13-29-14-12-24/h3-6,8,10,15,19H,7,9,11-14H2,1-2H3. The summed E-state index contributed by atoms with van der Waals surface area (Å²) in [5.41, 5.74) is 2.74. The average molecular weight is 431 g/mol. The van der Waals surface area contributed by atoms with Gasteiger partial charge in [-0.15, -0.1) is 0 Å². The van der Waals surface area contributed by atoms with Gasteiger partial charge in [0.2, 0.25) is 10.0 Å². The summed E-state index contributed by atoms with van der Waals surface area (Å²) in [5, 5.41) is 0. The maximum atomic E-state index is 13.3. The van der Waals surface area contributed by atoms with Crippen LogP contribution in [-0.2, 0) is 21.2 Å². The number of rotatable bonds is 5. The van der Waals surface area contributed by atoms with E-state index >= 15 is 0 Å². The molecule has 8 heteroatoms. The van der Waals surface area contributed by atoms with Crippen LogP contribution in [-0.4, -0.2) is 64.0 Å². The van der Waals surface area contributed by atoms with E-state index in [-0.39, 0.29) is 35.7 Å². The predicted octanol–water partition coefficient (Wildman–Crippen LogP) is 2.48. The molecule has 4 rings (SSSR count). The van der Waals surface area contributed by atoms with Crippen LogP contribution >= 0.6 is 0 Å². The number of methoxy groups -OCH3 is 1. The summed E-state index contributed by atoms with van der Waals surface area (Å²) in [6, 6.07) is 12.7. The fourth-order valence-corrected chi connectivity index (χ4v) is 5.81. The maximum absolute atomic E-state index is 13.3. The molecule has 0 aromatic heterocycles. The van der Waals surface area contributed by atoms with Crippen LogP contribution in [0, 0.1) is 0 Å². The lowest BCUT2D eigenvalue weighted by atomic mass is 10.1. The Labute approximate surface area is 177 Å². The van der Waals surface area contributed by atoms with Gasteiger partial charge in [-0.1, -0.05) is 24.3 Å². The molecule has 7 nitrogen and oxygen atoms in total. The lowest BCUT2D eigenvalue weighted by Gasteiger charge is -2.28. The number of carbonyl (C=O) groups excluding carboxylic acids is 1. The summed E-state index contributed by atoms with van der Waals surface area (Å²) in [4.78, 5) is 15.0. The molecule has 0 bridgehead atoms. The van der Waals surface area contributed by atoms with Gasteiger partial charge in [0.15, 0.2) is 0 Å². The molecule has 1 unspecified atom stereocenters. The summed E-state index contributed by atoms with van der Waals surface area (Å²) in [6.45, 7) is 1.26. The van der Waals surface area contributed by atoms with E-state index in [0.717, 1.165) is 18.4 Å². The van der Waals surface area contributed by atoms with Crippen LogP contribution in [0.5, 0.6) is 5.75 Å². The van der Waals surface area contributed by atoms with Gasteiger partial charge in [-0.2, -0.15) is 4.31 Å². The predicted molar refractivity (Wildman–Crippen MR) is 112 cm³/mol. The summed E-state index contributed by atoms with van der Waals surface area (Å²) < 4.78 is 38.3. The molecule has 1 saturated heterocycles. The Hall–Kier alpha value is -2.42. The Kier molecular flexibility index (Phi) is 5.81. The molecule has 1 aliphatic carbocycles. The van der Waals surface area contributed by atoms with E-state index in [2.05, 4.69) is 12.1 Å². The zero-order chi connectivity index (χ0) is 21.3. The van der Waals surface area contributed by atoms with Crippen molar-refractivity contribution in [3.63, 3.8) is 0 Å². The van der Waals surface area contributed by atoms with Crippen LogP contribution in [0.1, 0.15) is 33.9 Å². The minimum Gasteiger partial charge on any atom is -0.495 e. The monoisotopic (exact) mass is 430 g/mol. The van der Waals surface area contributed by atoms with Gasteiger partial charge in [-0.25, -0.2) is 8.42 Å². The molecule has 1 amide bonds. The van der Waals surface area contributed by atoms with Gasteiger partial charge in [-0.05, 0) is 42.2 Å². The Morgan fingerprint density at radius 3 is 2.63 bits per heavy atom. The van der Waals surface area contributed by atoms with E-state index in [1.807, 2.05) is 12.1 Å². The van der Waals surface area contributed by atoms with Crippen molar-refractivity contribution < 1.29 is 22.7 Å². The number of hydrogen-bond donors (Lipinski definition) is 0. The molecule has 0 radical (unpaired) electrons. The first-order valence-electron chi connectivity index (χ1n) is 10.0. The van der Waals surface area contributed by atoms with Gasteiger partial charge in [-0.3, -0.25) is 4.79 Å². The molecule has 1 atom stereocenters. The highest BCUT2D eigenvalue weighted by Gasteiger charge is 2.32. The molecule has 0 saturated carbocycles. The molecule has 30 heavy (non-hydrogen) atoms. The van der Waals surface area contributed by atoms with Crippen LogP contribution in [0.4, 0.5) is 0 Å². The number of sulfonamides is 1. The third kappa shape index (κ3) is 3.71. The van der Waals surface area contributed by atoms with Crippen molar-refractivity contribution in [2.75, 3.05) is 40.5 Å². The molecule has 1 aliphatic heterocycles. The van der Waals surface area contributed by atoms with Gasteiger partial charge in [0.1, 0.15) is 10.6 Å². The first-order chi connectivity index (χ1) is 14.4. The molecule has 2 aromatic rings. The fourth-order valence-electron chi connectivity index (χ4n) is 4.22. The van der Waals surface area contributed by atoms with Gasteiger partial charge >= 0.3 is 0 Å². The third-order valence-corrected chi connectivity index (χ3v) is 7.81. The molecule has 1 heterocycles. The first kappa shape index (κ1) is 20.8.